The van der Waals surface area contributed by atoms with Gasteiger partial charge < -0.3 is 10.4 Å². The molecule has 1 unspecified atom stereocenters. The number of aromatic nitrogens is 3. The summed E-state index contributed by atoms with van der Waals surface area (Å²) >= 11 is 1.70. The molecule has 7 heteroatoms. The normalized spacial score (nSPS) is 12.5. The van der Waals surface area contributed by atoms with Crippen molar-refractivity contribution in [2.24, 2.45) is 0 Å². The quantitative estimate of drug-likeness (QED) is 0.798. The summed E-state index contributed by atoms with van der Waals surface area (Å²) in [5.74, 6) is -1.05. The Labute approximate surface area is 115 Å². The van der Waals surface area contributed by atoms with Crippen molar-refractivity contribution in [3.8, 4) is 0 Å². The van der Waals surface area contributed by atoms with Gasteiger partial charge in [0, 0.05) is 12.6 Å². The maximum absolute atomic E-state index is 10.6. The van der Waals surface area contributed by atoms with Gasteiger partial charge in [0.05, 0.1) is 12.7 Å². The summed E-state index contributed by atoms with van der Waals surface area (Å²) in [7, 11) is 0. The van der Waals surface area contributed by atoms with Gasteiger partial charge in [0.25, 0.3) is 0 Å². The Morgan fingerprint density at radius 2 is 2.47 bits per heavy atom. The molecule has 0 radical (unpaired) electrons. The molecule has 102 valence electrons. The predicted molar refractivity (Wildman–Crippen MR) is 72.5 cm³/mol. The van der Waals surface area contributed by atoms with Crippen molar-refractivity contribution in [1.29, 1.82) is 0 Å². The molecular weight excluding hydrogens is 264 g/mol. The van der Waals surface area contributed by atoms with E-state index in [1.807, 2.05) is 0 Å². The van der Waals surface area contributed by atoms with Crippen LogP contribution < -0.4 is 5.32 Å². The van der Waals surface area contributed by atoms with E-state index in [2.05, 4.69) is 39.4 Å². The Hall–Kier alpha value is -1.73. The van der Waals surface area contributed by atoms with Gasteiger partial charge in [-0.15, -0.1) is 5.10 Å². The summed E-state index contributed by atoms with van der Waals surface area (Å²) in [4.78, 5) is 10.6. The molecule has 0 aromatic carbocycles. The number of aromatic carboxylic acids is 1. The number of nitrogens with one attached hydrogen (secondary N) is 1. The van der Waals surface area contributed by atoms with Crippen LogP contribution in [-0.2, 0) is 13.0 Å². The maximum atomic E-state index is 10.6. The maximum Gasteiger partial charge on any atom is 0.358 e. The van der Waals surface area contributed by atoms with Crippen molar-refractivity contribution in [1.82, 2.24) is 20.3 Å². The van der Waals surface area contributed by atoms with Crippen LogP contribution in [0.5, 0.6) is 0 Å². The second kappa shape index (κ2) is 6.44. The van der Waals surface area contributed by atoms with Gasteiger partial charge >= 0.3 is 5.97 Å². The molecule has 0 saturated heterocycles. The van der Waals surface area contributed by atoms with Gasteiger partial charge in [-0.1, -0.05) is 5.21 Å². The average Bonchev–Trinajstić information content (AvgIpc) is 3.00. The molecule has 0 aliphatic carbocycles. The van der Waals surface area contributed by atoms with Crippen LogP contribution in [0.4, 0.5) is 0 Å². The van der Waals surface area contributed by atoms with Crippen LogP contribution in [0.15, 0.2) is 23.0 Å². The third-order valence-electron chi connectivity index (χ3n) is 2.71. The highest BCUT2D eigenvalue weighted by Gasteiger charge is 2.08. The number of hydrogen-bond donors (Lipinski definition) is 2. The molecule has 0 bridgehead atoms. The van der Waals surface area contributed by atoms with Crippen molar-refractivity contribution in [2.45, 2.75) is 25.9 Å². The zero-order valence-corrected chi connectivity index (χ0v) is 11.4. The van der Waals surface area contributed by atoms with E-state index < -0.39 is 5.97 Å². The highest BCUT2D eigenvalue weighted by Crippen LogP contribution is 2.08. The Balaban J connectivity index is 1.72. The molecule has 2 N–H and O–H groups in total. The van der Waals surface area contributed by atoms with Crippen LogP contribution in [-0.4, -0.2) is 38.7 Å². The van der Waals surface area contributed by atoms with Crippen LogP contribution in [0.2, 0.25) is 0 Å². The lowest BCUT2D eigenvalue weighted by Gasteiger charge is -2.12. The van der Waals surface area contributed by atoms with Crippen LogP contribution in [0, 0.1) is 0 Å². The minimum Gasteiger partial charge on any atom is -0.476 e. The highest BCUT2D eigenvalue weighted by atomic mass is 32.1. The first-order valence-corrected chi connectivity index (χ1v) is 6.97. The van der Waals surface area contributed by atoms with Crippen LogP contribution in [0.3, 0.4) is 0 Å². The molecule has 0 aliphatic rings. The number of carbonyl (C=O) groups is 1. The highest BCUT2D eigenvalue weighted by molar-refractivity contribution is 7.07. The Bertz CT molecular complexity index is 524. The fraction of sp³-hybridized carbons (Fsp3) is 0.417. The third-order valence-corrected chi connectivity index (χ3v) is 3.45. The lowest BCUT2D eigenvalue weighted by Crippen LogP contribution is -2.31. The zero-order chi connectivity index (χ0) is 13.7. The minimum atomic E-state index is -1.05. The van der Waals surface area contributed by atoms with E-state index in [4.69, 9.17) is 5.11 Å². The van der Waals surface area contributed by atoms with E-state index in [-0.39, 0.29) is 5.69 Å². The molecule has 2 heterocycles. The molecule has 1 atom stereocenters. The summed E-state index contributed by atoms with van der Waals surface area (Å²) in [6.45, 7) is 3.46. The van der Waals surface area contributed by atoms with Crippen molar-refractivity contribution in [2.75, 3.05) is 6.54 Å². The molecular formula is C12H16N4O2S. The summed E-state index contributed by atoms with van der Waals surface area (Å²) in [6, 6.07) is 2.50. The van der Waals surface area contributed by atoms with Gasteiger partial charge in [0.1, 0.15) is 0 Å². The Morgan fingerprint density at radius 1 is 1.63 bits per heavy atom. The molecule has 0 saturated carbocycles. The number of thiophene rings is 1. The van der Waals surface area contributed by atoms with Gasteiger partial charge in [-0.05, 0) is 35.7 Å². The van der Waals surface area contributed by atoms with E-state index in [0.29, 0.717) is 12.6 Å². The Morgan fingerprint density at radius 3 is 3.11 bits per heavy atom. The number of hydrogen-bond acceptors (Lipinski definition) is 5. The molecule has 2 aromatic heterocycles. The summed E-state index contributed by atoms with van der Waals surface area (Å²) in [6.07, 6.45) is 2.43. The third kappa shape index (κ3) is 4.15. The fourth-order valence-electron chi connectivity index (χ4n) is 1.77. The van der Waals surface area contributed by atoms with E-state index >= 15 is 0 Å². The van der Waals surface area contributed by atoms with Crippen LogP contribution in [0.25, 0.3) is 0 Å². The first kappa shape index (κ1) is 13.7. The summed E-state index contributed by atoms with van der Waals surface area (Å²) < 4.78 is 1.54. The number of rotatable bonds is 7. The number of carboxylic acids is 1. The van der Waals surface area contributed by atoms with Crippen molar-refractivity contribution in [3.05, 3.63) is 34.3 Å². The van der Waals surface area contributed by atoms with E-state index in [0.717, 1.165) is 13.0 Å². The number of nitrogens with zero attached hydrogens (tertiary/aromatic N) is 3. The topological polar surface area (TPSA) is 80.0 Å². The largest absolute Gasteiger partial charge is 0.476 e. The second-order valence-electron chi connectivity index (χ2n) is 4.36. The zero-order valence-electron chi connectivity index (χ0n) is 10.6. The van der Waals surface area contributed by atoms with Gasteiger partial charge in [-0.25, -0.2) is 4.79 Å². The Kier molecular flexibility index (Phi) is 4.64. The van der Waals surface area contributed by atoms with Crippen LogP contribution in [0.1, 0.15) is 23.0 Å². The average molecular weight is 280 g/mol. The first-order valence-electron chi connectivity index (χ1n) is 6.03. The molecule has 2 rings (SSSR count). The summed E-state index contributed by atoms with van der Waals surface area (Å²) in [5.41, 5.74) is 1.31. The molecule has 2 aromatic rings. The SMILES string of the molecule is CC(Cc1ccsc1)NCCn1cc(C(=O)O)nn1. The van der Waals surface area contributed by atoms with Gasteiger partial charge in [-0.3, -0.25) is 4.68 Å². The molecule has 6 nitrogen and oxygen atoms in total. The minimum absolute atomic E-state index is 0.0219. The van der Waals surface area contributed by atoms with Crippen LogP contribution >= 0.6 is 11.3 Å². The van der Waals surface area contributed by atoms with Crippen molar-refractivity contribution >= 4 is 17.3 Å². The molecule has 0 aliphatic heterocycles. The van der Waals surface area contributed by atoms with E-state index in [1.165, 1.54) is 16.4 Å². The fourth-order valence-corrected chi connectivity index (χ4v) is 2.45. The van der Waals surface area contributed by atoms with Gasteiger partial charge in [-0.2, -0.15) is 11.3 Å². The standard InChI is InChI=1S/C12H16N4O2S/c1-9(6-10-2-5-19-8-10)13-3-4-16-7-11(12(17)18)14-15-16/h2,5,7-9,13H,3-4,6H2,1H3,(H,17,18). The second-order valence-corrected chi connectivity index (χ2v) is 5.14. The lowest BCUT2D eigenvalue weighted by atomic mass is 10.1. The monoisotopic (exact) mass is 280 g/mol. The molecule has 19 heavy (non-hydrogen) atoms. The van der Waals surface area contributed by atoms with Gasteiger partial charge in [0.15, 0.2) is 5.69 Å². The lowest BCUT2D eigenvalue weighted by molar-refractivity contribution is 0.0690. The summed E-state index contributed by atoms with van der Waals surface area (Å²) in [5, 5.41) is 23.6. The smallest absolute Gasteiger partial charge is 0.358 e. The van der Waals surface area contributed by atoms with Crippen molar-refractivity contribution < 1.29 is 9.90 Å². The van der Waals surface area contributed by atoms with Crippen molar-refractivity contribution in [3.63, 3.8) is 0 Å². The predicted octanol–water partition coefficient (Wildman–Crippen LogP) is 1.26. The number of carboxylic acid groups (broad SMARTS) is 1. The van der Waals surface area contributed by atoms with Gasteiger partial charge in [0.2, 0.25) is 0 Å². The van der Waals surface area contributed by atoms with E-state index in [9.17, 15) is 4.79 Å². The van der Waals surface area contributed by atoms with E-state index in [1.54, 1.807) is 11.3 Å². The molecule has 0 fully saturated rings. The molecule has 0 amide bonds. The molecule has 0 spiro atoms. The first-order chi connectivity index (χ1) is 9.15.